The first-order valence-electron chi connectivity index (χ1n) is 16.3. The lowest BCUT2D eigenvalue weighted by molar-refractivity contribution is -0.0387. The van der Waals surface area contributed by atoms with Crippen LogP contribution in [0.1, 0.15) is 48.2 Å². The summed E-state index contributed by atoms with van der Waals surface area (Å²) in [7, 11) is 4.18. The van der Waals surface area contributed by atoms with Crippen molar-refractivity contribution in [2.45, 2.75) is 49.1 Å². The van der Waals surface area contributed by atoms with Crippen LogP contribution >= 0.6 is 11.8 Å². The van der Waals surface area contributed by atoms with Crippen molar-refractivity contribution in [2.24, 2.45) is 5.92 Å². The van der Waals surface area contributed by atoms with E-state index in [-0.39, 0.29) is 23.2 Å². The molecule has 3 aromatic rings. The van der Waals surface area contributed by atoms with Gasteiger partial charge in [0.2, 0.25) is 0 Å². The molecule has 2 fully saturated rings. The van der Waals surface area contributed by atoms with Crippen LogP contribution in [0.25, 0.3) is 0 Å². The number of nitrogens with zero attached hydrogens (tertiary/aromatic N) is 3. The van der Waals surface area contributed by atoms with Crippen LogP contribution in [-0.4, -0.2) is 99.6 Å². The smallest absolute Gasteiger partial charge is 0.183 e. The van der Waals surface area contributed by atoms with Gasteiger partial charge in [-0.25, -0.2) is 0 Å². The van der Waals surface area contributed by atoms with Crippen LogP contribution in [-0.2, 0) is 15.9 Å². The van der Waals surface area contributed by atoms with E-state index in [1.54, 1.807) is 11.8 Å². The molecule has 0 radical (unpaired) electrons. The Kier molecular flexibility index (Phi) is 11.1. The molecule has 0 aromatic heterocycles. The maximum Gasteiger partial charge on any atom is 0.183 e. The minimum Gasteiger partial charge on any atom is -0.379 e. The third-order valence-electron chi connectivity index (χ3n) is 10.3. The summed E-state index contributed by atoms with van der Waals surface area (Å²) in [5.41, 5.74) is 3.28. The summed E-state index contributed by atoms with van der Waals surface area (Å²) in [5.74, 6) is 0.187. The van der Waals surface area contributed by atoms with Crippen molar-refractivity contribution in [1.82, 2.24) is 9.80 Å². The number of benzene rings is 3. The third kappa shape index (κ3) is 7.18. The number of ether oxygens (including phenoxy) is 2. The average molecular weight is 630 g/mol. The summed E-state index contributed by atoms with van der Waals surface area (Å²) < 4.78 is 11.4. The zero-order chi connectivity index (χ0) is 32.0. The van der Waals surface area contributed by atoms with E-state index in [1.807, 2.05) is 18.2 Å². The van der Waals surface area contributed by atoms with Crippen molar-refractivity contribution in [3.8, 4) is 0 Å². The second kappa shape index (κ2) is 14.8. The first-order chi connectivity index (χ1) is 21.7. The van der Waals surface area contributed by atoms with E-state index < -0.39 is 5.54 Å². The molecule has 45 heavy (non-hydrogen) atoms. The Morgan fingerprint density at radius 3 is 1.98 bits per heavy atom. The zero-order valence-electron chi connectivity index (χ0n) is 28.0. The number of anilines is 1. The maximum atomic E-state index is 15.3. The Balaban J connectivity index is 1.63. The number of hydrogen-bond acceptors (Lipinski definition) is 7. The van der Waals surface area contributed by atoms with Gasteiger partial charge in [0.15, 0.2) is 5.78 Å². The summed E-state index contributed by atoms with van der Waals surface area (Å²) in [6.45, 7) is 13.5. The van der Waals surface area contributed by atoms with E-state index in [2.05, 4.69) is 116 Å². The van der Waals surface area contributed by atoms with E-state index in [0.29, 0.717) is 6.42 Å². The topological polar surface area (TPSA) is 45.2 Å². The Morgan fingerprint density at radius 1 is 0.844 bits per heavy atom. The van der Waals surface area contributed by atoms with Crippen molar-refractivity contribution in [1.29, 1.82) is 0 Å². The molecule has 6 nitrogen and oxygen atoms in total. The highest BCUT2D eigenvalue weighted by Gasteiger charge is 2.53. The second-order valence-electron chi connectivity index (χ2n) is 13.2. The van der Waals surface area contributed by atoms with Gasteiger partial charge in [-0.3, -0.25) is 14.6 Å². The van der Waals surface area contributed by atoms with Crippen molar-refractivity contribution in [3.05, 3.63) is 95.6 Å². The van der Waals surface area contributed by atoms with Gasteiger partial charge in [0.25, 0.3) is 0 Å². The molecule has 2 aliphatic heterocycles. The van der Waals surface area contributed by atoms with E-state index in [4.69, 9.17) is 9.47 Å². The molecule has 3 atom stereocenters. The third-order valence-corrected chi connectivity index (χ3v) is 11.1. The molecule has 3 unspecified atom stereocenters. The molecular formula is C38H51N3O3S. The second-order valence-corrected chi connectivity index (χ2v) is 14.1. The largest absolute Gasteiger partial charge is 0.379 e. The summed E-state index contributed by atoms with van der Waals surface area (Å²) in [4.78, 5) is 23.6. The summed E-state index contributed by atoms with van der Waals surface area (Å²) in [5, 5.41) is 0. The van der Waals surface area contributed by atoms with Gasteiger partial charge >= 0.3 is 0 Å². The first kappa shape index (κ1) is 33.7. The molecule has 242 valence electrons. The standard InChI is InChI=1S/C38H51N3O3S/c1-29(35(31-14-18-34(45-6)19-15-31)37(2,3)41-22-26-44-27-23-41)38(39(4)5,28-30-10-8-7-9-11-30)36(42)32-12-16-33(17-13-32)40-20-24-43-25-21-40/h7-19,29,35H,20-28H2,1-6H3. The quantitative estimate of drug-likeness (QED) is 0.167. The molecular weight excluding hydrogens is 579 g/mol. The highest BCUT2D eigenvalue weighted by molar-refractivity contribution is 7.98. The van der Waals surface area contributed by atoms with E-state index >= 15 is 4.79 Å². The van der Waals surface area contributed by atoms with Crippen LogP contribution in [0.15, 0.2) is 83.8 Å². The van der Waals surface area contributed by atoms with Gasteiger partial charge in [-0.05, 0) is 94.1 Å². The number of carbonyl (C=O) groups is 1. The fraction of sp³-hybridized carbons (Fsp3) is 0.500. The van der Waals surface area contributed by atoms with Gasteiger partial charge < -0.3 is 14.4 Å². The molecule has 2 heterocycles. The number of likely N-dealkylation sites (N-methyl/N-ethyl adjacent to an activating group) is 1. The maximum absolute atomic E-state index is 15.3. The van der Waals surface area contributed by atoms with Crippen LogP contribution in [0.3, 0.4) is 0 Å². The number of hydrogen-bond donors (Lipinski definition) is 0. The number of carbonyl (C=O) groups excluding carboxylic acids is 1. The van der Waals surface area contributed by atoms with Gasteiger partial charge in [-0.2, -0.15) is 0 Å². The number of morpholine rings is 2. The number of thioether (sulfide) groups is 1. The van der Waals surface area contributed by atoms with E-state index in [0.717, 1.165) is 69.4 Å². The minimum absolute atomic E-state index is 0.0444. The molecule has 5 rings (SSSR count). The first-order valence-corrected chi connectivity index (χ1v) is 17.6. The Morgan fingerprint density at radius 2 is 1.42 bits per heavy atom. The lowest BCUT2D eigenvalue weighted by Gasteiger charge is -2.54. The minimum atomic E-state index is -0.811. The van der Waals surface area contributed by atoms with Gasteiger partial charge in [-0.15, -0.1) is 11.8 Å². The Bertz CT molecular complexity index is 1370. The van der Waals surface area contributed by atoms with Gasteiger partial charge in [-0.1, -0.05) is 49.4 Å². The van der Waals surface area contributed by atoms with Crippen molar-refractivity contribution in [3.63, 3.8) is 0 Å². The molecule has 0 bridgehead atoms. The van der Waals surface area contributed by atoms with Crippen molar-refractivity contribution in [2.75, 3.05) is 77.9 Å². The molecule has 2 aliphatic rings. The molecule has 0 N–H and O–H groups in total. The highest BCUT2D eigenvalue weighted by Crippen LogP contribution is 2.47. The summed E-state index contributed by atoms with van der Waals surface area (Å²) in [6.07, 6.45) is 2.73. The summed E-state index contributed by atoms with van der Waals surface area (Å²) >= 11 is 1.76. The van der Waals surface area contributed by atoms with Crippen LogP contribution in [0.4, 0.5) is 5.69 Å². The normalized spacial score (nSPS) is 19.2. The van der Waals surface area contributed by atoms with E-state index in [1.165, 1.54) is 10.5 Å². The lowest BCUT2D eigenvalue weighted by Crippen LogP contribution is -2.63. The summed E-state index contributed by atoms with van der Waals surface area (Å²) in [6, 6.07) is 27.9. The van der Waals surface area contributed by atoms with E-state index in [9.17, 15) is 0 Å². The zero-order valence-corrected chi connectivity index (χ0v) is 28.8. The molecule has 0 saturated carbocycles. The monoisotopic (exact) mass is 629 g/mol. The predicted octanol–water partition coefficient (Wildman–Crippen LogP) is 6.50. The van der Waals surface area contributed by atoms with Gasteiger partial charge in [0.1, 0.15) is 0 Å². The highest BCUT2D eigenvalue weighted by atomic mass is 32.2. The molecule has 3 aromatic carbocycles. The Hall–Kier alpha value is -2.68. The average Bonchev–Trinajstić information content (AvgIpc) is 3.08. The number of Topliss-reactive ketones (excluding diaryl/α,β-unsaturated/α-hetero) is 1. The fourth-order valence-electron chi connectivity index (χ4n) is 7.75. The van der Waals surface area contributed by atoms with Crippen molar-refractivity contribution >= 4 is 23.2 Å². The molecule has 2 saturated heterocycles. The SMILES string of the molecule is CSc1ccc(C(C(C)C(Cc2ccccc2)(C(=O)c2ccc(N3CCOCC3)cc2)N(C)C)C(C)(C)N2CCOCC2)cc1. The van der Waals surface area contributed by atoms with Crippen LogP contribution in [0.2, 0.25) is 0 Å². The fourth-order valence-corrected chi connectivity index (χ4v) is 8.16. The van der Waals surface area contributed by atoms with Gasteiger partial charge in [0, 0.05) is 53.8 Å². The van der Waals surface area contributed by atoms with Crippen LogP contribution in [0.5, 0.6) is 0 Å². The molecule has 7 heteroatoms. The molecule has 0 aliphatic carbocycles. The Labute approximate surface area is 275 Å². The van der Waals surface area contributed by atoms with Crippen LogP contribution < -0.4 is 4.90 Å². The number of rotatable bonds is 12. The van der Waals surface area contributed by atoms with Gasteiger partial charge in [0.05, 0.1) is 32.0 Å². The number of ketones is 1. The van der Waals surface area contributed by atoms with Crippen molar-refractivity contribution < 1.29 is 14.3 Å². The lowest BCUT2D eigenvalue weighted by atomic mass is 9.62. The molecule has 0 amide bonds. The molecule has 0 spiro atoms. The van der Waals surface area contributed by atoms with Crippen LogP contribution in [0, 0.1) is 5.92 Å². The predicted molar refractivity (Wildman–Crippen MR) is 187 cm³/mol.